The Morgan fingerprint density at radius 3 is 2.81 bits per heavy atom. The summed E-state index contributed by atoms with van der Waals surface area (Å²) in [6, 6.07) is 0.525. The van der Waals surface area contributed by atoms with Crippen LogP contribution < -0.4 is 0 Å². The average Bonchev–Trinajstić information content (AvgIpc) is 3.21. The van der Waals surface area contributed by atoms with E-state index in [0.717, 1.165) is 32.5 Å². The first-order chi connectivity index (χ1) is 12.3. The monoisotopic (exact) mass is 361 g/mol. The SMILES string of the molecule is CC(C)N(C)C(=O)C1=NOC2(CCCN(Cc3cnn(C(C)C)c3)C2)C1. The molecule has 1 amide bonds. The molecular weight excluding hydrogens is 330 g/mol. The molecule has 1 atom stereocenters. The van der Waals surface area contributed by atoms with Gasteiger partial charge in [-0.15, -0.1) is 0 Å². The Kier molecular flexibility index (Phi) is 5.37. The maximum Gasteiger partial charge on any atom is 0.271 e. The van der Waals surface area contributed by atoms with Crippen molar-refractivity contribution in [1.82, 2.24) is 19.6 Å². The standard InChI is InChI=1S/C19H31N5O2/c1-14(2)22(5)18(25)17-9-19(26-21-17)7-6-8-23(13-19)11-16-10-20-24(12-16)15(3)4/h10,12,14-15H,6-9,11,13H2,1-5H3. The minimum Gasteiger partial charge on any atom is -0.387 e. The largest absolute Gasteiger partial charge is 0.387 e. The molecule has 1 spiro atoms. The number of nitrogens with zero attached hydrogens (tertiary/aromatic N) is 5. The number of oxime groups is 1. The molecule has 7 nitrogen and oxygen atoms in total. The average molecular weight is 361 g/mol. The number of hydrogen-bond acceptors (Lipinski definition) is 5. The van der Waals surface area contributed by atoms with Gasteiger partial charge in [0.1, 0.15) is 5.71 Å². The molecular formula is C19H31N5O2. The first-order valence-electron chi connectivity index (χ1n) is 9.57. The highest BCUT2D eigenvalue weighted by Gasteiger charge is 2.45. The van der Waals surface area contributed by atoms with Crippen LogP contribution >= 0.6 is 0 Å². The topological polar surface area (TPSA) is 63.0 Å². The van der Waals surface area contributed by atoms with Gasteiger partial charge in [0.2, 0.25) is 0 Å². The van der Waals surface area contributed by atoms with E-state index in [1.165, 1.54) is 5.56 Å². The fourth-order valence-corrected chi connectivity index (χ4v) is 3.62. The molecule has 0 aliphatic carbocycles. The lowest BCUT2D eigenvalue weighted by atomic mass is 9.87. The van der Waals surface area contributed by atoms with Gasteiger partial charge in [-0.25, -0.2) is 0 Å². The molecule has 1 unspecified atom stereocenters. The van der Waals surface area contributed by atoms with Crippen LogP contribution in [-0.4, -0.2) is 63.0 Å². The van der Waals surface area contributed by atoms with Gasteiger partial charge >= 0.3 is 0 Å². The molecule has 2 aliphatic heterocycles. The van der Waals surface area contributed by atoms with Gasteiger partial charge in [-0.1, -0.05) is 5.16 Å². The van der Waals surface area contributed by atoms with E-state index >= 15 is 0 Å². The summed E-state index contributed by atoms with van der Waals surface area (Å²) in [6.07, 6.45) is 6.66. The van der Waals surface area contributed by atoms with Crippen molar-refractivity contribution in [2.24, 2.45) is 5.16 Å². The lowest BCUT2D eigenvalue weighted by Crippen LogP contribution is -2.48. The molecule has 0 radical (unpaired) electrons. The summed E-state index contributed by atoms with van der Waals surface area (Å²) in [6.45, 7) is 10.9. The summed E-state index contributed by atoms with van der Waals surface area (Å²) in [4.78, 5) is 22.5. The van der Waals surface area contributed by atoms with Crippen molar-refractivity contribution < 1.29 is 9.63 Å². The molecule has 2 aliphatic rings. The van der Waals surface area contributed by atoms with E-state index < -0.39 is 0 Å². The van der Waals surface area contributed by atoms with Crippen LogP contribution in [0.4, 0.5) is 0 Å². The van der Waals surface area contributed by atoms with Crippen molar-refractivity contribution in [1.29, 1.82) is 0 Å². The number of rotatable bonds is 5. The van der Waals surface area contributed by atoms with Crippen LogP contribution in [0.1, 0.15) is 58.6 Å². The van der Waals surface area contributed by atoms with Gasteiger partial charge in [0, 0.05) is 50.4 Å². The van der Waals surface area contributed by atoms with Crippen molar-refractivity contribution in [3.8, 4) is 0 Å². The van der Waals surface area contributed by atoms with Crippen molar-refractivity contribution in [3.05, 3.63) is 18.0 Å². The second-order valence-electron chi connectivity index (χ2n) is 8.24. The van der Waals surface area contributed by atoms with Crippen LogP contribution in [0.5, 0.6) is 0 Å². The van der Waals surface area contributed by atoms with Crippen LogP contribution in [-0.2, 0) is 16.2 Å². The Hall–Kier alpha value is -1.89. The molecule has 0 saturated carbocycles. The minimum absolute atomic E-state index is 0.0211. The zero-order valence-electron chi connectivity index (χ0n) is 16.6. The van der Waals surface area contributed by atoms with E-state index in [9.17, 15) is 4.79 Å². The Labute approximate surface area is 156 Å². The fourth-order valence-electron chi connectivity index (χ4n) is 3.62. The molecule has 1 aromatic rings. The summed E-state index contributed by atoms with van der Waals surface area (Å²) >= 11 is 0. The molecule has 3 rings (SSSR count). The maximum atomic E-state index is 12.5. The first-order valence-corrected chi connectivity index (χ1v) is 9.57. The Bertz CT molecular complexity index is 681. The molecule has 144 valence electrons. The van der Waals surface area contributed by atoms with E-state index in [0.29, 0.717) is 18.2 Å². The molecule has 0 N–H and O–H groups in total. The van der Waals surface area contributed by atoms with E-state index in [1.54, 1.807) is 4.90 Å². The number of carbonyl (C=O) groups excluding carboxylic acids is 1. The van der Waals surface area contributed by atoms with Gasteiger partial charge in [0.05, 0.1) is 6.20 Å². The summed E-state index contributed by atoms with van der Waals surface area (Å²) in [5.41, 5.74) is 1.41. The van der Waals surface area contributed by atoms with E-state index in [1.807, 2.05) is 31.8 Å². The summed E-state index contributed by atoms with van der Waals surface area (Å²) < 4.78 is 1.99. The zero-order valence-corrected chi connectivity index (χ0v) is 16.6. The van der Waals surface area contributed by atoms with Crippen LogP contribution in [0.25, 0.3) is 0 Å². The number of likely N-dealkylation sites (tertiary alicyclic amines) is 1. The van der Waals surface area contributed by atoms with Crippen molar-refractivity contribution >= 4 is 11.6 Å². The van der Waals surface area contributed by atoms with Gasteiger partial charge < -0.3 is 9.74 Å². The third-order valence-corrected chi connectivity index (χ3v) is 5.39. The Morgan fingerprint density at radius 1 is 1.38 bits per heavy atom. The minimum atomic E-state index is -0.352. The van der Waals surface area contributed by atoms with Gasteiger partial charge in [0.15, 0.2) is 5.60 Å². The van der Waals surface area contributed by atoms with Crippen molar-refractivity contribution in [2.75, 3.05) is 20.1 Å². The lowest BCUT2D eigenvalue weighted by molar-refractivity contribution is -0.124. The summed E-state index contributed by atoms with van der Waals surface area (Å²) in [5, 5.41) is 8.59. The van der Waals surface area contributed by atoms with E-state index in [2.05, 4.69) is 35.2 Å². The Morgan fingerprint density at radius 2 is 2.15 bits per heavy atom. The first kappa shape index (κ1) is 18.9. The highest BCUT2D eigenvalue weighted by Crippen LogP contribution is 2.34. The fraction of sp³-hybridized carbons (Fsp3) is 0.737. The molecule has 1 saturated heterocycles. The smallest absolute Gasteiger partial charge is 0.271 e. The van der Waals surface area contributed by atoms with Crippen LogP contribution in [0.15, 0.2) is 17.5 Å². The quantitative estimate of drug-likeness (QED) is 0.808. The van der Waals surface area contributed by atoms with Crippen LogP contribution in [0.3, 0.4) is 0 Å². The van der Waals surface area contributed by atoms with E-state index in [4.69, 9.17) is 4.84 Å². The zero-order chi connectivity index (χ0) is 18.9. The maximum absolute atomic E-state index is 12.5. The Balaban J connectivity index is 1.61. The van der Waals surface area contributed by atoms with Gasteiger partial charge in [0.25, 0.3) is 5.91 Å². The third kappa shape index (κ3) is 3.92. The molecule has 26 heavy (non-hydrogen) atoms. The van der Waals surface area contributed by atoms with Crippen molar-refractivity contribution in [2.45, 2.75) is 71.2 Å². The van der Waals surface area contributed by atoms with E-state index in [-0.39, 0.29) is 17.6 Å². The van der Waals surface area contributed by atoms with Gasteiger partial charge in [-0.05, 0) is 47.1 Å². The predicted molar refractivity (Wildman–Crippen MR) is 101 cm³/mol. The second kappa shape index (κ2) is 7.39. The number of aromatic nitrogens is 2. The number of piperidine rings is 1. The normalized spacial score (nSPS) is 23.6. The van der Waals surface area contributed by atoms with Crippen molar-refractivity contribution in [3.63, 3.8) is 0 Å². The summed E-state index contributed by atoms with van der Waals surface area (Å²) in [5.74, 6) is -0.0211. The van der Waals surface area contributed by atoms with Gasteiger partial charge in [-0.3, -0.25) is 14.4 Å². The summed E-state index contributed by atoms with van der Waals surface area (Å²) in [7, 11) is 1.82. The second-order valence-corrected chi connectivity index (χ2v) is 8.24. The predicted octanol–water partition coefficient (Wildman–Crippen LogP) is 2.44. The number of hydrogen-bond donors (Lipinski definition) is 0. The molecule has 3 heterocycles. The molecule has 1 aromatic heterocycles. The van der Waals surface area contributed by atoms with Crippen LogP contribution in [0.2, 0.25) is 0 Å². The molecule has 1 fully saturated rings. The number of amides is 1. The highest BCUT2D eigenvalue weighted by molar-refractivity contribution is 6.39. The lowest BCUT2D eigenvalue weighted by Gasteiger charge is -2.38. The number of carbonyl (C=O) groups is 1. The van der Waals surface area contributed by atoms with Crippen LogP contribution in [0, 0.1) is 0 Å². The van der Waals surface area contributed by atoms with Gasteiger partial charge in [-0.2, -0.15) is 5.10 Å². The molecule has 0 aromatic carbocycles. The molecule has 7 heteroatoms. The highest BCUT2D eigenvalue weighted by atomic mass is 16.7. The third-order valence-electron chi connectivity index (χ3n) is 5.39. The molecule has 0 bridgehead atoms.